The maximum Gasteiger partial charge on any atom is 0.306 e. The van der Waals surface area contributed by atoms with Gasteiger partial charge in [-0.1, -0.05) is 0 Å². The number of carboxylic acids is 1. The fraction of sp³-hybridized carbons (Fsp3) is 0.417. The second-order valence-corrected chi connectivity index (χ2v) is 4.21. The lowest BCUT2D eigenvalue weighted by molar-refractivity contribution is -0.138. The van der Waals surface area contributed by atoms with Crippen LogP contribution < -0.4 is 0 Å². The van der Waals surface area contributed by atoms with Gasteiger partial charge in [-0.3, -0.25) is 4.79 Å². The minimum absolute atomic E-state index is 0.125. The van der Waals surface area contributed by atoms with Crippen molar-refractivity contribution in [1.82, 2.24) is 0 Å². The molecule has 0 saturated heterocycles. The Hall–Kier alpha value is -1.45. The Bertz CT molecular complexity index is 417. The molecule has 0 aromatic heterocycles. The van der Waals surface area contributed by atoms with Gasteiger partial charge in [0.05, 0.1) is 5.92 Å². The Morgan fingerprint density at radius 3 is 2.81 bits per heavy atom. The van der Waals surface area contributed by atoms with Crippen LogP contribution in [0.25, 0.3) is 0 Å². The zero-order valence-corrected chi connectivity index (χ0v) is 8.62. The molecule has 2 rings (SSSR count). The first-order valence-corrected chi connectivity index (χ1v) is 5.24. The van der Waals surface area contributed by atoms with Gasteiger partial charge in [0.15, 0.2) is 0 Å². The van der Waals surface area contributed by atoms with Gasteiger partial charge in [-0.05, 0) is 48.9 Å². The van der Waals surface area contributed by atoms with E-state index in [1.54, 1.807) is 0 Å². The van der Waals surface area contributed by atoms with E-state index in [0.717, 1.165) is 12.1 Å². The second kappa shape index (κ2) is 4.20. The molecular weight excluding hydrogens is 214 g/mol. The smallest absolute Gasteiger partial charge is 0.306 e. The summed E-state index contributed by atoms with van der Waals surface area (Å²) in [7, 11) is 0. The van der Waals surface area contributed by atoms with Crippen LogP contribution in [0.2, 0.25) is 0 Å². The zero-order chi connectivity index (χ0) is 11.7. The molecule has 16 heavy (non-hydrogen) atoms. The van der Waals surface area contributed by atoms with Crippen LogP contribution in [0, 0.1) is 23.5 Å². The Morgan fingerprint density at radius 2 is 2.19 bits per heavy atom. The molecule has 1 aromatic carbocycles. The van der Waals surface area contributed by atoms with Gasteiger partial charge >= 0.3 is 5.97 Å². The van der Waals surface area contributed by atoms with Crippen molar-refractivity contribution in [3.63, 3.8) is 0 Å². The number of hydrogen-bond acceptors (Lipinski definition) is 1. The summed E-state index contributed by atoms with van der Waals surface area (Å²) in [6.07, 6.45) is 1.67. The largest absolute Gasteiger partial charge is 0.481 e. The molecule has 86 valence electrons. The maximum atomic E-state index is 13.2. The Balaban J connectivity index is 1.91. The molecule has 1 aliphatic rings. The van der Waals surface area contributed by atoms with Gasteiger partial charge in [-0.2, -0.15) is 0 Å². The number of benzene rings is 1. The van der Waals surface area contributed by atoms with Crippen LogP contribution in [-0.4, -0.2) is 11.1 Å². The number of carbonyl (C=O) groups is 1. The average Bonchev–Trinajstić information content (AvgIpc) is 2.99. The summed E-state index contributed by atoms with van der Waals surface area (Å²) < 4.78 is 26.0. The summed E-state index contributed by atoms with van der Waals surface area (Å²) in [6.45, 7) is 0. The standard InChI is InChI=1S/C12H12F2O2/c13-9-3-4-11(14)8(5-9)2-1-7-6-10(7)12(15)16/h3-5,7,10H,1-2,6H2,(H,15,16). The van der Waals surface area contributed by atoms with E-state index in [1.807, 2.05) is 0 Å². The third-order valence-corrected chi connectivity index (χ3v) is 3.03. The number of rotatable bonds is 4. The highest BCUT2D eigenvalue weighted by Gasteiger charge is 2.42. The molecular formula is C12H12F2O2. The maximum absolute atomic E-state index is 13.2. The van der Waals surface area contributed by atoms with Gasteiger partial charge in [-0.15, -0.1) is 0 Å². The minimum atomic E-state index is -0.787. The summed E-state index contributed by atoms with van der Waals surface area (Å²) in [5.74, 6) is -1.82. The summed E-state index contributed by atoms with van der Waals surface area (Å²) in [6, 6.07) is 3.36. The van der Waals surface area contributed by atoms with E-state index in [4.69, 9.17) is 5.11 Å². The van der Waals surface area contributed by atoms with Gasteiger partial charge in [0.1, 0.15) is 11.6 Å². The van der Waals surface area contributed by atoms with Crippen molar-refractivity contribution >= 4 is 5.97 Å². The first kappa shape index (κ1) is 11.0. The van der Waals surface area contributed by atoms with E-state index in [0.29, 0.717) is 24.8 Å². The van der Waals surface area contributed by atoms with Crippen molar-refractivity contribution in [3.8, 4) is 0 Å². The average molecular weight is 226 g/mol. The number of aliphatic carboxylic acids is 1. The van der Waals surface area contributed by atoms with E-state index in [1.165, 1.54) is 6.07 Å². The molecule has 1 N–H and O–H groups in total. The summed E-state index contributed by atoms with van der Waals surface area (Å²) in [4.78, 5) is 10.6. The molecule has 1 fully saturated rings. The summed E-state index contributed by atoms with van der Waals surface area (Å²) in [5, 5.41) is 8.69. The van der Waals surface area contributed by atoms with Crippen LogP contribution in [0.3, 0.4) is 0 Å². The predicted octanol–water partition coefficient (Wildman–Crippen LogP) is 2.62. The summed E-state index contributed by atoms with van der Waals surface area (Å²) in [5.41, 5.74) is 0.330. The highest BCUT2D eigenvalue weighted by atomic mass is 19.1. The molecule has 0 aliphatic heterocycles. The van der Waals surface area contributed by atoms with Crippen LogP contribution in [-0.2, 0) is 11.2 Å². The van der Waals surface area contributed by atoms with Crippen LogP contribution >= 0.6 is 0 Å². The van der Waals surface area contributed by atoms with Crippen molar-refractivity contribution in [2.45, 2.75) is 19.3 Å². The lowest BCUT2D eigenvalue weighted by Crippen LogP contribution is -2.01. The van der Waals surface area contributed by atoms with Crippen molar-refractivity contribution in [2.24, 2.45) is 11.8 Å². The van der Waals surface area contributed by atoms with Gasteiger partial charge < -0.3 is 5.11 Å². The Morgan fingerprint density at radius 1 is 1.44 bits per heavy atom. The fourth-order valence-corrected chi connectivity index (χ4v) is 1.94. The molecule has 2 unspecified atom stereocenters. The normalized spacial score (nSPS) is 23.1. The second-order valence-electron chi connectivity index (χ2n) is 4.21. The first-order valence-electron chi connectivity index (χ1n) is 5.24. The highest BCUT2D eigenvalue weighted by molar-refractivity contribution is 5.73. The van der Waals surface area contributed by atoms with Gasteiger partial charge in [0.2, 0.25) is 0 Å². The Labute approximate surface area is 91.9 Å². The molecule has 2 nitrogen and oxygen atoms in total. The SMILES string of the molecule is O=C(O)C1CC1CCc1cc(F)ccc1F. The van der Waals surface area contributed by atoms with Gasteiger partial charge in [0, 0.05) is 0 Å². The number of carboxylic acid groups (broad SMARTS) is 1. The van der Waals surface area contributed by atoms with Crippen molar-refractivity contribution in [1.29, 1.82) is 0 Å². The van der Waals surface area contributed by atoms with E-state index >= 15 is 0 Å². The summed E-state index contributed by atoms with van der Waals surface area (Å²) >= 11 is 0. The number of halogens is 2. The van der Waals surface area contributed by atoms with Gasteiger partial charge in [0.25, 0.3) is 0 Å². The number of hydrogen-bond donors (Lipinski definition) is 1. The van der Waals surface area contributed by atoms with Crippen molar-refractivity contribution < 1.29 is 18.7 Å². The topological polar surface area (TPSA) is 37.3 Å². The molecule has 4 heteroatoms. The van der Waals surface area contributed by atoms with Gasteiger partial charge in [-0.25, -0.2) is 8.78 Å². The third-order valence-electron chi connectivity index (χ3n) is 3.03. The molecule has 0 amide bonds. The molecule has 1 aliphatic carbocycles. The monoisotopic (exact) mass is 226 g/mol. The molecule has 1 saturated carbocycles. The molecule has 2 atom stereocenters. The predicted molar refractivity (Wildman–Crippen MR) is 53.9 cm³/mol. The van der Waals surface area contributed by atoms with E-state index < -0.39 is 17.6 Å². The van der Waals surface area contributed by atoms with Crippen LogP contribution in [0.15, 0.2) is 18.2 Å². The van der Waals surface area contributed by atoms with Crippen LogP contribution in [0.5, 0.6) is 0 Å². The van der Waals surface area contributed by atoms with E-state index in [-0.39, 0.29) is 11.8 Å². The molecule has 0 bridgehead atoms. The molecule has 0 heterocycles. The van der Waals surface area contributed by atoms with E-state index in [9.17, 15) is 13.6 Å². The lowest BCUT2D eigenvalue weighted by atomic mass is 10.1. The zero-order valence-electron chi connectivity index (χ0n) is 8.62. The highest BCUT2D eigenvalue weighted by Crippen LogP contribution is 2.42. The van der Waals surface area contributed by atoms with E-state index in [2.05, 4.69) is 0 Å². The lowest BCUT2D eigenvalue weighted by Gasteiger charge is -2.02. The molecule has 0 radical (unpaired) electrons. The van der Waals surface area contributed by atoms with Crippen molar-refractivity contribution in [2.75, 3.05) is 0 Å². The minimum Gasteiger partial charge on any atom is -0.481 e. The van der Waals surface area contributed by atoms with Crippen molar-refractivity contribution in [3.05, 3.63) is 35.4 Å². The molecule has 1 aromatic rings. The Kier molecular flexibility index (Phi) is 2.90. The molecule has 0 spiro atoms. The number of aryl methyl sites for hydroxylation is 1. The van der Waals surface area contributed by atoms with Crippen LogP contribution in [0.1, 0.15) is 18.4 Å². The third kappa shape index (κ3) is 2.38. The van der Waals surface area contributed by atoms with Crippen LogP contribution in [0.4, 0.5) is 8.78 Å². The quantitative estimate of drug-likeness (QED) is 0.856. The first-order chi connectivity index (χ1) is 7.58. The fourth-order valence-electron chi connectivity index (χ4n) is 1.94.